The number of hydrogen-bond acceptors (Lipinski definition) is 21. The number of aliphatic hydroxyl groups excluding tert-OH is 4. The van der Waals surface area contributed by atoms with Gasteiger partial charge in [0.05, 0.1) is 13.2 Å². The molecule has 0 amide bonds. The van der Waals surface area contributed by atoms with E-state index in [-0.39, 0.29) is 42.6 Å². The first-order valence-corrected chi connectivity index (χ1v) is 23.0. The highest BCUT2D eigenvalue weighted by Gasteiger charge is 2.55. The molecule has 12 atom stereocenters. The van der Waals surface area contributed by atoms with Crippen molar-refractivity contribution in [1.29, 1.82) is 0 Å². The van der Waals surface area contributed by atoms with Crippen LogP contribution in [0, 0.1) is 11.8 Å². The van der Waals surface area contributed by atoms with Gasteiger partial charge in [-0.3, -0.25) is 13.2 Å². The lowest BCUT2D eigenvalue weighted by atomic mass is 9.92. The summed E-state index contributed by atoms with van der Waals surface area (Å²) in [4.78, 5) is 27.1. The van der Waals surface area contributed by atoms with Gasteiger partial charge >= 0.3 is 11.9 Å². The van der Waals surface area contributed by atoms with Gasteiger partial charge in [-0.1, -0.05) is 134 Å². The van der Waals surface area contributed by atoms with E-state index in [0.717, 1.165) is 44.9 Å². The molecule has 2 fully saturated rings. The zero-order valence-electron chi connectivity index (χ0n) is 36.2. The SMILES string of the molecule is CCCCCCCCCCCCCCCC(=O)OC1C(OC2OC(CO)C(O)C(OSOOO)C2OSOOO)OC(CO)C(O)C1OC(=O)/C(C)=C/[C@@H](C)C[C@@H](C)CCC. The van der Waals surface area contributed by atoms with E-state index in [1.165, 1.54) is 51.4 Å². The first kappa shape index (κ1) is 55.9. The number of aliphatic hydroxyl groups is 4. The van der Waals surface area contributed by atoms with E-state index in [9.17, 15) is 30.0 Å². The third-order valence-corrected chi connectivity index (χ3v) is 11.5. The van der Waals surface area contributed by atoms with Crippen LogP contribution in [0.4, 0.5) is 0 Å². The molecule has 2 saturated heterocycles. The molecule has 358 valence electrons. The quantitative estimate of drug-likeness (QED) is 0.00991. The predicted octanol–water partition coefficient (Wildman–Crippen LogP) is 6.61. The molecule has 0 saturated carbocycles. The summed E-state index contributed by atoms with van der Waals surface area (Å²) in [6, 6.07) is 0. The van der Waals surface area contributed by atoms with Crippen LogP contribution in [0.1, 0.15) is 144 Å². The summed E-state index contributed by atoms with van der Waals surface area (Å²) in [6.07, 6.45) is 2.83. The van der Waals surface area contributed by atoms with Crippen molar-refractivity contribution in [2.24, 2.45) is 11.8 Å². The van der Waals surface area contributed by atoms with Gasteiger partial charge in [0.15, 0.2) is 49.2 Å². The number of esters is 2. The van der Waals surface area contributed by atoms with Gasteiger partial charge in [0.1, 0.15) is 30.5 Å². The Hall–Kier alpha value is -1.22. The van der Waals surface area contributed by atoms with E-state index in [0.29, 0.717) is 12.3 Å². The van der Waals surface area contributed by atoms with Crippen LogP contribution in [0.2, 0.25) is 0 Å². The second kappa shape index (κ2) is 33.3. The van der Waals surface area contributed by atoms with Gasteiger partial charge in [-0.2, -0.15) is 0 Å². The van der Waals surface area contributed by atoms with Crippen LogP contribution in [0.5, 0.6) is 0 Å². The van der Waals surface area contributed by atoms with Gasteiger partial charge in [-0.05, 0) is 31.6 Å². The largest absolute Gasteiger partial charge is 0.453 e. The average molecular weight is 921 g/mol. The van der Waals surface area contributed by atoms with Crippen LogP contribution < -0.4 is 0 Å². The van der Waals surface area contributed by atoms with Crippen molar-refractivity contribution >= 4 is 36.6 Å². The molecule has 0 aromatic heterocycles. The van der Waals surface area contributed by atoms with Crippen molar-refractivity contribution in [3.8, 4) is 0 Å². The lowest BCUT2D eigenvalue weighted by molar-refractivity contribution is -0.436. The van der Waals surface area contributed by atoms with Gasteiger partial charge in [0, 0.05) is 12.0 Å². The van der Waals surface area contributed by atoms with Gasteiger partial charge in [-0.15, -0.1) is 8.67 Å². The van der Waals surface area contributed by atoms with E-state index >= 15 is 0 Å². The van der Waals surface area contributed by atoms with Gasteiger partial charge < -0.3 is 44.1 Å². The second-order valence-corrected chi connectivity index (χ2v) is 16.8. The minimum absolute atomic E-state index is 0.0138. The highest BCUT2D eigenvalue weighted by Crippen LogP contribution is 2.36. The van der Waals surface area contributed by atoms with Crippen molar-refractivity contribution in [3.63, 3.8) is 0 Å². The van der Waals surface area contributed by atoms with Crippen LogP contribution >= 0.6 is 24.6 Å². The molecule has 10 unspecified atom stereocenters. The van der Waals surface area contributed by atoms with Crippen molar-refractivity contribution in [1.82, 2.24) is 0 Å². The average Bonchev–Trinajstić information content (AvgIpc) is 3.23. The van der Waals surface area contributed by atoms with Gasteiger partial charge in [0.2, 0.25) is 6.29 Å². The standard InChI is InChI=1S/C40H72O19S2/c1-6-8-9-10-11-12-13-14-15-16-17-18-19-21-31(43)51-36-34(52-38(46)28(5)23-27(4)22-26(3)20-7-2)32(44)29(24-41)49-39(36)53-40-37(55-61-59-57-48)35(54-60-58-56-47)33(45)30(25-42)50-40/h23,26-27,29-30,32-37,39-42,44-45,47-48H,6-22,24-25H2,1-5H3/b28-23+/t26-,27-,29?,30?,32?,33?,34?,35?,36?,37?,39?,40?/m0/s1. The maximum absolute atomic E-state index is 13.6. The fourth-order valence-corrected chi connectivity index (χ4v) is 8.30. The highest BCUT2D eigenvalue weighted by molar-refractivity contribution is 7.90. The topological polar surface area (TPSA) is 257 Å². The predicted molar refractivity (Wildman–Crippen MR) is 221 cm³/mol. The minimum Gasteiger partial charge on any atom is -0.453 e. The molecule has 0 aromatic carbocycles. The van der Waals surface area contributed by atoms with Crippen molar-refractivity contribution in [3.05, 3.63) is 11.6 Å². The first-order chi connectivity index (χ1) is 29.4. The van der Waals surface area contributed by atoms with Crippen LogP contribution in [0.25, 0.3) is 0 Å². The Morgan fingerprint density at radius 1 is 0.672 bits per heavy atom. The van der Waals surface area contributed by atoms with E-state index in [4.69, 9.17) is 42.6 Å². The molecule has 0 bridgehead atoms. The smallest absolute Gasteiger partial charge is 0.333 e. The fourth-order valence-electron chi connectivity index (χ4n) is 7.58. The molecular weight excluding hydrogens is 849 g/mol. The Morgan fingerprint density at radius 3 is 1.67 bits per heavy atom. The zero-order valence-corrected chi connectivity index (χ0v) is 37.9. The molecule has 6 N–H and O–H groups in total. The molecule has 19 nitrogen and oxygen atoms in total. The third-order valence-electron chi connectivity index (χ3n) is 10.7. The maximum Gasteiger partial charge on any atom is 0.333 e. The number of allylic oxidation sites excluding steroid dienone is 1. The van der Waals surface area contributed by atoms with Crippen LogP contribution in [0.3, 0.4) is 0 Å². The molecule has 0 radical (unpaired) electrons. The number of carbonyl (C=O) groups is 2. The summed E-state index contributed by atoms with van der Waals surface area (Å²) in [5.41, 5.74) is 0.239. The number of hydrogen-bond donors (Lipinski definition) is 6. The fraction of sp³-hybridized carbons (Fsp3) is 0.900. The van der Waals surface area contributed by atoms with E-state index < -0.39 is 86.6 Å². The molecule has 2 heterocycles. The Morgan fingerprint density at radius 2 is 1.16 bits per heavy atom. The number of unbranched alkanes of at least 4 members (excludes halogenated alkanes) is 12. The Labute approximate surface area is 368 Å². The number of ether oxygens (including phenoxy) is 5. The summed E-state index contributed by atoms with van der Waals surface area (Å²) in [5.74, 6) is -1.10. The molecule has 2 aliphatic rings. The molecule has 61 heavy (non-hydrogen) atoms. The maximum atomic E-state index is 13.6. The Bertz CT molecular complexity index is 1190. The van der Waals surface area contributed by atoms with Crippen LogP contribution in [0.15, 0.2) is 11.6 Å². The Kier molecular flexibility index (Phi) is 30.5. The van der Waals surface area contributed by atoms with Crippen molar-refractivity contribution in [2.75, 3.05) is 13.2 Å². The molecule has 2 rings (SSSR count). The number of rotatable bonds is 34. The number of carbonyl (C=O) groups excluding carboxylic acids is 2. The third kappa shape index (κ3) is 21.1. The molecule has 0 spiro atoms. The first-order valence-electron chi connectivity index (χ1n) is 21.7. The zero-order chi connectivity index (χ0) is 45.0. The second-order valence-electron chi connectivity index (χ2n) is 15.9. The summed E-state index contributed by atoms with van der Waals surface area (Å²) < 4.78 is 49.0. The van der Waals surface area contributed by atoms with Gasteiger partial charge in [0.25, 0.3) is 0 Å². The lowest BCUT2D eigenvalue weighted by Gasteiger charge is -2.46. The molecule has 2 aliphatic heterocycles. The molecule has 21 heteroatoms. The monoisotopic (exact) mass is 920 g/mol. The molecular formula is C40H72O19S2. The van der Waals surface area contributed by atoms with E-state index in [1.807, 2.05) is 6.92 Å². The lowest BCUT2D eigenvalue weighted by Crippen LogP contribution is -2.65. The van der Waals surface area contributed by atoms with Crippen LogP contribution in [-0.2, 0) is 60.4 Å². The Balaban J connectivity index is 2.31. The summed E-state index contributed by atoms with van der Waals surface area (Å²) in [7, 11) is 0. The molecule has 0 aromatic rings. The molecule has 0 aliphatic carbocycles. The van der Waals surface area contributed by atoms with Gasteiger partial charge in [-0.25, -0.2) is 15.3 Å². The summed E-state index contributed by atoms with van der Waals surface area (Å²) >= 11 is 0.0969. The van der Waals surface area contributed by atoms with Crippen LogP contribution in [-0.4, -0.2) is 118 Å². The highest BCUT2D eigenvalue weighted by atomic mass is 32.2. The summed E-state index contributed by atoms with van der Waals surface area (Å²) in [6.45, 7) is 8.42. The summed E-state index contributed by atoms with van der Waals surface area (Å²) in [5, 5.41) is 67.1. The van der Waals surface area contributed by atoms with Crippen molar-refractivity contribution in [2.45, 2.75) is 205 Å². The van der Waals surface area contributed by atoms with E-state index in [1.54, 1.807) is 13.0 Å². The minimum atomic E-state index is -1.76. The van der Waals surface area contributed by atoms with E-state index in [2.05, 4.69) is 39.5 Å². The normalized spacial score (nSPS) is 28.1. The van der Waals surface area contributed by atoms with Crippen molar-refractivity contribution < 1.29 is 91.3 Å².